The summed E-state index contributed by atoms with van der Waals surface area (Å²) in [5.41, 5.74) is 3.76. The third-order valence-corrected chi connectivity index (χ3v) is 4.48. The Labute approximate surface area is 144 Å². The zero-order valence-corrected chi connectivity index (χ0v) is 13.9. The lowest BCUT2D eigenvalue weighted by Gasteiger charge is -2.25. The third-order valence-electron chi connectivity index (χ3n) is 4.48. The van der Waals surface area contributed by atoms with E-state index in [2.05, 4.69) is 23.1 Å². The van der Waals surface area contributed by atoms with E-state index < -0.39 is 11.6 Å². The van der Waals surface area contributed by atoms with Gasteiger partial charge >= 0.3 is 0 Å². The van der Waals surface area contributed by atoms with E-state index in [1.807, 2.05) is 34.0 Å². The van der Waals surface area contributed by atoms with Gasteiger partial charge in [-0.05, 0) is 49.0 Å². The van der Waals surface area contributed by atoms with Crippen LogP contribution >= 0.6 is 0 Å². The fourth-order valence-electron chi connectivity index (χ4n) is 3.21. The van der Waals surface area contributed by atoms with Crippen molar-refractivity contribution in [2.24, 2.45) is 0 Å². The Morgan fingerprint density at radius 3 is 2.56 bits per heavy atom. The van der Waals surface area contributed by atoms with Crippen molar-refractivity contribution in [3.63, 3.8) is 0 Å². The predicted octanol–water partition coefficient (Wildman–Crippen LogP) is 3.73. The first-order valence-corrected chi connectivity index (χ1v) is 8.16. The van der Waals surface area contributed by atoms with Crippen LogP contribution in [0.25, 0.3) is 5.69 Å². The summed E-state index contributed by atoms with van der Waals surface area (Å²) >= 11 is 0. The van der Waals surface area contributed by atoms with Gasteiger partial charge in [-0.1, -0.05) is 0 Å². The van der Waals surface area contributed by atoms with Crippen molar-refractivity contribution in [2.45, 2.75) is 6.54 Å². The molecule has 128 valence electrons. The molecular formula is C19H18F2N4. The number of anilines is 2. The van der Waals surface area contributed by atoms with Crippen LogP contribution in [0, 0.1) is 11.6 Å². The maximum Gasteiger partial charge on any atom is 0.160 e. The second kappa shape index (κ2) is 6.29. The molecule has 0 bridgehead atoms. The van der Waals surface area contributed by atoms with Gasteiger partial charge in [-0.25, -0.2) is 13.5 Å². The monoisotopic (exact) mass is 340 g/mol. The molecule has 0 amide bonds. The number of fused-ring (bicyclic) bond motifs is 1. The standard InChI is InChI=1S/C19H18F2N4/c1-23-9-10-24(15-3-5-17(20)18(21)12-15)19-6-4-16(11-14(19)13-23)25-8-2-7-22-25/h2-8,11-12H,9-10,13H2,1H3. The van der Waals surface area contributed by atoms with E-state index in [0.717, 1.165) is 30.0 Å². The molecule has 1 aliphatic heterocycles. The molecule has 0 spiro atoms. The molecule has 0 unspecified atom stereocenters. The largest absolute Gasteiger partial charge is 0.340 e. The Kier molecular flexibility index (Phi) is 3.97. The Balaban J connectivity index is 1.79. The average molecular weight is 340 g/mol. The topological polar surface area (TPSA) is 24.3 Å². The van der Waals surface area contributed by atoms with Gasteiger partial charge < -0.3 is 9.80 Å². The highest BCUT2D eigenvalue weighted by atomic mass is 19.2. The van der Waals surface area contributed by atoms with Crippen LogP contribution in [0.3, 0.4) is 0 Å². The number of nitrogens with zero attached hydrogens (tertiary/aromatic N) is 4. The van der Waals surface area contributed by atoms with E-state index in [-0.39, 0.29) is 0 Å². The molecule has 0 saturated heterocycles. The predicted molar refractivity (Wildman–Crippen MR) is 93.3 cm³/mol. The van der Waals surface area contributed by atoms with E-state index in [0.29, 0.717) is 12.2 Å². The molecule has 4 rings (SSSR count). The molecule has 4 nitrogen and oxygen atoms in total. The summed E-state index contributed by atoms with van der Waals surface area (Å²) in [5.74, 6) is -1.66. The molecule has 3 aromatic rings. The quantitative estimate of drug-likeness (QED) is 0.710. The zero-order valence-electron chi connectivity index (χ0n) is 13.9. The highest BCUT2D eigenvalue weighted by Crippen LogP contribution is 2.33. The molecule has 6 heteroatoms. The summed E-state index contributed by atoms with van der Waals surface area (Å²) in [5, 5.41) is 4.27. The van der Waals surface area contributed by atoms with Crippen molar-refractivity contribution in [3.05, 3.63) is 72.1 Å². The zero-order chi connectivity index (χ0) is 17.4. The summed E-state index contributed by atoms with van der Waals surface area (Å²) in [7, 11) is 2.05. The fourth-order valence-corrected chi connectivity index (χ4v) is 3.21. The number of hydrogen-bond acceptors (Lipinski definition) is 3. The van der Waals surface area contributed by atoms with Gasteiger partial charge in [0.1, 0.15) is 0 Å². The molecule has 1 aliphatic rings. The number of likely N-dealkylation sites (N-methyl/N-ethyl adjacent to an activating group) is 1. The highest BCUT2D eigenvalue weighted by molar-refractivity contribution is 5.68. The Morgan fingerprint density at radius 1 is 0.960 bits per heavy atom. The molecule has 0 fully saturated rings. The average Bonchev–Trinajstić information content (AvgIpc) is 3.08. The van der Waals surface area contributed by atoms with Gasteiger partial charge in [0, 0.05) is 49.5 Å². The lowest BCUT2D eigenvalue weighted by molar-refractivity contribution is 0.343. The van der Waals surface area contributed by atoms with Crippen LogP contribution in [0.15, 0.2) is 54.9 Å². The number of benzene rings is 2. The van der Waals surface area contributed by atoms with Crippen LogP contribution in [0.2, 0.25) is 0 Å². The SMILES string of the molecule is CN1CCN(c2ccc(F)c(F)c2)c2ccc(-n3cccn3)cc2C1. The lowest BCUT2D eigenvalue weighted by Crippen LogP contribution is -2.26. The molecular weight excluding hydrogens is 322 g/mol. The van der Waals surface area contributed by atoms with Gasteiger partial charge in [0.25, 0.3) is 0 Å². The highest BCUT2D eigenvalue weighted by Gasteiger charge is 2.21. The molecule has 0 aliphatic carbocycles. The van der Waals surface area contributed by atoms with Crippen molar-refractivity contribution in [2.75, 3.05) is 25.0 Å². The molecule has 2 heterocycles. The second-order valence-electron chi connectivity index (χ2n) is 6.25. The van der Waals surface area contributed by atoms with Crippen molar-refractivity contribution < 1.29 is 8.78 Å². The molecule has 0 N–H and O–H groups in total. The van der Waals surface area contributed by atoms with E-state index in [9.17, 15) is 8.78 Å². The third kappa shape index (κ3) is 3.00. The van der Waals surface area contributed by atoms with Crippen molar-refractivity contribution in [3.8, 4) is 5.69 Å². The lowest BCUT2D eigenvalue weighted by atomic mass is 10.1. The van der Waals surface area contributed by atoms with Gasteiger partial charge in [-0.15, -0.1) is 0 Å². The molecule has 0 atom stereocenters. The fraction of sp³-hybridized carbons (Fsp3) is 0.211. The van der Waals surface area contributed by atoms with E-state index >= 15 is 0 Å². The molecule has 0 saturated carbocycles. The number of aromatic nitrogens is 2. The second-order valence-corrected chi connectivity index (χ2v) is 6.25. The molecule has 0 radical (unpaired) electrons. The van der Waals surface area contributed by atoms with Crippen LogP contribution in [-0.4, -0.2) is 34.8 Å². The number of halogens is 2. The summed E-state index contributed by atoms with van der Waals surface area (Å²) < 4.78 is 28.8. The number of hydrogen-bond donors (Lipinski definition) is 0. The van der Waals surface area contributed by atoms with E-state index in [1.54, 1.807) is 12.3 Å². The minimum absolute atomic E-state index is 0.655. The maximum absolute atomic E-state index is 13.7. The van der Waals surface area contributed by atoms with E-state index in [1.165, 1.54) is 12.1 Å². The Bertz CT molecular complexity index is 892. The minimum Gasteiger partial charge on any atom is -0.340 e. The normalized spacial score (nSPS) is 15.1. The maximum atomic E-state index is 13.7. The molecule has 1 aromatic heterocycles. The Morgan fingerprint density at radius 2 is 1.80 bits per heavy atom. The smallest absolute Gasteiger partial charge is 0.160 e. The minimum atomic E-state index is -0.829. The van der Waals surface area contributed by atoms with Crippen molar-refractivity contribution in [1.82, 2.24) is 14.7 Å². The molecule has 25 heavy (non-hydrogen) atoms. The van der Waals surface area contributed by atoms with Gasteiger partial charge in [-0.2, -0.15) is 5.10 Å². The number of rotatable bonds is 2. The van der Waals surface area contributed by atoms with Crippen molar-refractivity contribution >= 4 is 11.4 Å². The van der Waals surface area contributed by atoms with Gasteiger partial charge in [0.2, 0.25) is 0 Å². The van der Waals surface area contributed by atoms with E-state index in [4.69, 9.17) is 0 Å². The summed E-state index contributed by atoms with van der Waals surface area (Å²) in [6.45, 7) is 2.31. The van der Waals surface area contributed by atoms with Crippen LogP contribution in [0.1, 0.15) is 5.56 Å². The van der Waals surface area contributed by atoms with Gasteiger partial charge in [0.15, 0.2) is 11.6 Å². The van der Waals surface area contributed by atoms with Crippen LogP contribution in [-0.2, 0) is 6.54 Å². The first kappa shape index (κ1) is 15.8. The van der Waals surface area contributed by atoms with Crippen LogP contribution in [0.5, 0.6) is 0 Å². The Hall–Kier alpha value is -2.73. The summed E-state index contributed by atoms with van der Waals surface area (Å²) in [6.07, 6.45) is 3.64. The van der Waals surface area contributed by atoms with Crippen LogP contribution in [0.4, 0.5) is 20.2 Å². The first-order chi connectivity index (χ1) is 12.1. The summed E-state index contributed by atoms with van der Waals surface area (Å²) in [6, 6.07) is 12.0. The van der Waals surface area contributed by atoms with Crippen LogP contribution < -0.4 is 4.90 Å². The first-order valence-electron chi connectivity index (χ1n) is 8.16. The van der Waals surface area contributed by atoms with Gasteiger partial charge in [0.05, 0.1) is 5.69 Å². The molecule has 2 aromatic carbocycles. The van der Waals surface area contributed by atoms with Gasteiger partial charge in [-0.3, -0.25) is 0 Å². The van der Waals surface area contributed by atoms with Crippen molar-refractivity contribution in [1.29, 1.82) is 0 Å². The summed E-state index contributed by atoms with van der Waals surface area (Å²) in [4.78, 5) is 4.25.